The van der Waals surface area contributed by atoms with E-state index in [1.54, 1.807) is 6.20 Å². The molecule has 29 heavy (non-hydrogen) atoms. The topological polar surface area (TPSA) is 103 Å². The Kier molecular flexibility index (Phi) is 11.1. The summed E-state index contributed by atoms with van der Waals surface area (Å²) in [6.45, 7) is 2.94. The molecule has 0 fully saturated rings. The Bertz CT molecular complexity index is 740. The van der Waals surface area contributed by atoms with Crippen LogP contribution in [-0.4, -0.2) is 35.6 Å². The number of benzene rings is 1. The molecule has 6 nitrogen and oxygen atoms in total. The first-order valence-corrected chi connectivity index (χ1v) is 10.6. The van der Waals surface area contributed by atoms with Gasteiger partial charge in [0.25, 0.3) is 0 Å². The number of hydrogen-bond acceptors (Lipinski definition) is 3. The molecule has 0 aliphatic heterocycles. The Balaban J connectivity index is 1.41. The van der Waals surface area contributed by atoms with Gasteiger partial charge in [-0.15, -0.1) is 0 Å². The van der Waals surface area contributed by atoms with Crippen LogP contribution in [0.1, 0.15) is 56.9 Å². The van der Waals surface area contributed by atoms with Crippen molar-refractivity contribution in [1.82, 2.24) is 20.6 Å². The minimum absolute atomic E-state index is 0.0711. The van der Waals surface area contributed by atoms with Gasteiger partial charge in [-0.1, -0.05) is 49.7 Å². The Morgan fingerprint density at radius 2 is 1.66 bits per heavy atom. The maximum absolute atomic E-state index is 7.08. The molecule has 0 saturated carbocycles. The molecule has 0 unspecified atom stereocenters. The number of aromatic amines is 1. The van der Waals surface area contributed by atoms with Gasteiger partial charge >= 0.3 is 0 Å². The smallest absolute Gasteiger partial charge is 0.185 e. The highest BCUT2D eigenvalue weighted by Gasteiger charge is 1.98. The Labute approximate surface area is 174 Å². The predicted octanol–water partition coefficient (Wildman–Crippen LogP) is 3.62. The van der Waals surface area contributed by atoms with E-state index in [-0.39, 0.29) is 5.96 Å². The van der Waals surface area contributed by atoms with Crippen molar-refractivity contribution >= 4 is 5.96 Å². The summed E-state index contributed by atoms with van der Waals surface area (Å²) in [5.41, 5.74) is 7.37. The summed E-state index contributed by atoms with van der Waals surface area (Å²) in [7, 11) is 0. The number of imidazole rings is 1. The monoisotopic (exact) mass is 394 g/mol. The van der Waals surface area contributed by atoms with Gasteiger partial charge in [0, 0.05) is 36.5 Å². The standard InChI is InChI=1S/C23H34N6/c24-23(25)29-17-9-4-2-1-3-7-15-26-16-8-5-6-10-20-11-13-21(14-12-20)22-27-18-19-28-22/h11-14,18-19,26H,1-5,7-9,15-17H2,(H,27,28)(H4,24,25,29). The lowest BCUT2D eigenvalue weighted by atomic mass is 10.1. The third-order valence-corrected chi connectivity index (χ3v) is 4.64. The second-order valence-electron chi connectivity index (χ2n) is 7.13. The molecule has 6 N–H and O–H groups in total. The van der Waals surface area contributed by atoms with Crippen molar-refractivity contribution in [3.63, 3.8) is 0 Å². The summed E-state index contributed by atoms with van der Waals surface area (Å²) >= 11 is 0. The maximum Gasteiger partial charge on any atom is 0.185 e. The van der Waals surface area contributed by atoms with E-state index in [1.807, 2.05) is 30.5 Å². The quantitative estimate of drug-likeness (QED) is 0.155. The van der Waals surface area contributed by atoms with E-state index in [0.717, 1.165) is 55.8 Å². The van der Waals surface area contributed by atoms with Crippen molar-refractivity contribution in [1.29, 1.82) is 5.41 Å². The maximum atomic E-state index is 7.08. The molecule has 1 aromatic carbocycles. The lowest BCUT2D eigenvalue weighted by Crippen LogP contribution is -2.30. The van der Waals surface area contributed by atoms with E-state index < -0.39 is 0 Å². The molecule has 1 heterocycles. The van der Waals surface area contributed by atoms with Gasteiger partial charge < -0.3 is 21.4 Å². The van der Waals surface area contributed by atoms with Crippen LogP contribution in [0.5, 0.6) is 0 Å². The summed E-state index contributed by atoms with van der Waals surface area (Å²) in [5, 5.41) is 13.4. The van der Waals surface area contributed by atoms with Gasteiger partial charge in [0.05, 0.1) is 0 Å². The van der Waals surface area contributed by atoms with E-state index in [4.69, 9.17) is 11.1 Å². The summed E-state index contributed by atoms with van der Waals surface area (Å²) < 4.78 is 0. The minimum atomic E-state index is 0.0711. The second-order valence-corrected chi connectivity index (χ2v) is 7.13. The number of unbranched alkanes of at least 4 members (excludes halogenated alkanes) is 6. The van der Waals surface area contributed by atoms with Gasteiger partial charge in [-0.2, -0.15) is 0 Å². The molecule has 0 radical (unpaired) electrons. The summed E-state index contributed by atoms with van der Waals surface area (Å²) in [6.07, 6.45) is 12.9. The van der Waals surface area contributed by atoms with Crippen LogP contribution < -0.4 is 16.4 Å². The summed E-state index contributed by atoms with van der Waals surface area (Å²) in [4.78, 5) is 7.36. The highest BCUT2D eigenvalue weighted by molar-refractivity contribution is 5.74. The number of guanidine groups is 1. The van der Waals surface area contributed by atoms with Gasteiger partial charge in [0.1, 0.15) is 5.82 Å². The molecule has 1 aromatic heterocycles. The van der Waals surface area contributed by atoms with E-state index in [1.165, 1.54) is 32.1 Å². The molecule has 0 bridgehead atoms. The molecule has 6 heteroatoms. The van der Waals surface area contributed by atoms with Crippen LogP contribution in [0.15, 0.2) is 36.7 Å². The van der Waals surface area contributed by atoms with Crippen molar-refractivity contribution in [2.75, 3.05) is 19.6 Å². The van der Waals surface area contributed by atoms with E-state index in [0.29, 0.717) is 0 Å². The van der Waals surface area contributed by atoms with Gasteiger partial charge in [-0.3, -0.25) is 5.41 Å². The van der Waals surface area contributed by atoms with Crippen LogP contribution in [0.3, 0.4) is 0 Å². The van der Waals surface area contributed by atoms with Gasteiger partial charge in [0.2, 0.25) is 0 Å². The van der Waals surface area contributed by atoms with E-state index in [2.05, 4.69) is 32.4 Å². The number of rotatable bonds is 13. The molecule has 2 aromatic rings. The van der Waals surface area contributed by atoms with Crippen LogP contribution in [0, 0.1) is 17.3 Å². The SMILES string of the molecule is N=C(N)NCCCCCCCCNCCCC#Cc1ccc(-c2ncc[nH]2)cc1. The van der Waals surface area contributed by atoms with Crippen molar-refractivity contribution in [2.24, 2.45) is 5.73 Å². The van der Waals surface area contributed by atoms with Crippen LogP contribution in [0.2, 0.25) is 0 Å². The molecule has 0 spiro atoms. The summed E-state index contributed by atoms with van der Waals surface area (Å²) in [5.74, 6) is 7.45. The fourth-order valence-electron chi connectivity index (χ4n) is 3.03. The Morgan fingerprint density at radius 3 is 2.34 bits per heavy atom. The summed E-state index contributed by atoms with van der Waals surface area (Å²) in [6, 6.07) is 8.19. The number of hydrogen-bond donors (Lipinski definition) is 5. The normalized spacial score (nSPS) is 10.3. The van der Waals surface area contributed by atoms with Crippen molar-refractivity contribution in [3.05, 3.63) is 42.2 Å². The number of nitrogens with zero attached hydrogens (tertiary/aromatic N) is 1. The average molecular weight is 395 g/mol. The second kappa shape index (κ2) is 14.3. The first kappa shape index (κ1) is 22.5. The molecule has 0 amide bonds. The number of nitrogens with one attached hydrogen (secondary N) is 4. The number of nitrogens with two attached hydrogens (primary N) is 1. The zero-order valence-electron chi connectivity index (χ0n) is 17.3. The third-order valence-electron chi connectivity index (χ3n) is 4.64. The lowest BCUT2D eigenvalue weighted by Gasteiger charge is -2.05. The first-order chi connectivity index (χ1) is 14.3. The van der Waals surface area contributed by atoms with Gasteiger partial charge in [0.15, 0.2) is 5.96 Å². The molecule has 0 aliphatic carbocycles. The highest BCUT2D eigenvalue weighted by Crippen LogP contribution is 2.14. The van der Waals surface area contributed by atoms with Gasteiger partial charge in [-0.05, 0) is 44.5 Å². The largest absolute Gasteiger partial charge is 0.370 e. The third kappa shape index (κ3) is 10.4. The number of aromatic nitrogens is 2. The molecule has 0 saturated heterocycles. The fraction of sp³-hybridized carbons (Fsp3) is 0.478. The lowest BCUT2D eigenvalue weighted by molar-refractivity contribution is 0.559. The fourth-order valence-corrected chi connectivity index (χ4v) is 3.03. The molecule has 0 atom stereocenters. The molecular formula is C23H34N6. The Hall–Kier alpha value is -2.78. The molecule has 156 valence electrons. The molecular weight excluding hydrogens is 360 g/mol. The highest BCUT2D eigenvalue weighted by atomic mass is 15.0. The predicted molar refractivity (Wildman–Crippen MR) is 121 cm³/mol. The van der Waals surface area contributed by atoms with E-state index in [9.17, 15) is 0 Å². The van der Waals surface area contributed by atoms with Crippen LogP contribution in [-0.2, 0) is 0 Å². The van der Waals surface area contributed by atoms with Crippen molar-refractivity contribution in [3.8, 4) is 23.2 Å². The van der Waals surface area contributed by atoms with Crippen LogP contribution >= 0.6 is 0 Å². The van der Waals surface area contributed by atoms with Gasteiger partial charge in [-0.25, -0.2) is 4.98 Å². The number of H-pyrrole nitrogens is 1. The zero-order valence-corrected chi connectivity index (χ0v) is 17.3. The van der Waals surface area contributed by atoms with Crippen molar-refractivity contribution in [2.45, 2.75) is 51.4 Å². The first-order valence-electron chi connectivity index (χ1n) is 10.6. The van der Waals surface area contributed by atoms with Crippen LogP contribution in [0.25, 0.3) is 11.4 Å². The Morgan fingerprint density at radius 1 is 0.966 bits per heavy atom. The van der Waals surface area contributed by atoms with Crippen LogP contribution in [0.4, 0.5) is 0 Å². The molecule has 2 rings (SSSR count). The molecule has 0 aliphatic rings. The van der Waals surface area contributed by atoms with E-state index >= 15 is 0 Å². The van der Waals surface area contributed by atoms with Crippen molar-refractivity contribution < 1.29 is 0 Å². The minimum Gasteiger partial charge on any atom is -0.370 e. The average Bonchev–Trinajstić information content (AvgIpc) is 3.26. The zero-order chi connectivity index (χ0) is 20.6.